The number of halogens is 1. The van der Waals surface area contributed by atoms with E-state index < -0.39 is 42.9 Å². The summed E-state index contributed by atoms with van der Waals surface area (Å²) in [6.45, 7) is 0.758. The normalized spacial score (nSPS) is 34.0. The van der Waals surface area contributed by atoms with E-state index in [9.17, 15) is 20.4 Å². The van der Waals surface area contributed by atoms with Crippen molar-refractivity contribution in [2.75, 3.05) is 6.61 Å². The van der Waals surface area contributed by atoms with Crippen LogP contribution in [0.25, 0.3) is 0 Å². The largest absolute Gasteiger partial charge is 0.460 e. The van der Waals surface area contributed by atoms with Crippen molar-refractivity contribution in [3.8, 4) is 5.75 Å². The topological polar surface area (TPSA) is 120 Å². The first-order chi connectivity index (χ1) is 10.8. The second kappa shape index (κ2) is 7.31. The van der Waals surface area contributed by atoms with Gasteiger partial charge in [0.15, 0.2) is 0 Å². The van der Waals surface area contributed by atoms with Gasteiger partial charge in [0.1, 0.15) is 24.1 Å². The number of rotatable bonds is 5. The van der Waals surface area contributed by atoms with E-state index in [1.165, 1.54) is 6.92 Å². The predicted molar refractivity (Wildman–Crippen MR) is 81.1 cm³/mol. The van der Waals surface area contributed by atoms with Crippen LogP contribution in [0.4, 0.5) is 0 Å². The monoisotopic (exact) mass is 348 g/mol. The van der Waals surface area contributed by atoms with Crippen LogP contribution in [-0.4, -0.2) is 68.4 Å². The number of ether oxygens (including phenoxy) is 2. The highest BCUT2D eigenvalue weighted by atomic mass is 35.5. The molecule has 1 aromatic rings. The molecule has 5 N–H and O–H groups in total. The maximum Gasteiger partial charge on any atom is 0.236 e. The molecular weight excluding hydrogens is 328 g/mol. The van der Waals surface area contributed by atoms with Crippen LogP contribution >= 0.6 is 11.6 Å². The maximum atomic E-state index is 10.2. The molecule has 0 amide bonds. The lowest BCUT2D eigenvalue weighted by Gasteiger charge is -2.45. The van der Waals surface area contributed by atoms with E-state index in [-0.39, 0.29) is 6.42 Å². The van der Waals surface area contributed by atoms with Gasteiger partial charge < -0.3 is 35.0 Å². The summed E-state index contributed by atoms with van der Waals surface area (Å²) in [5.74, 6) is -1.30. The Hall–Kier alpha value is -0.930. The van der Waals surface area contributed by atoms with Crippen molar-refractivity contribution < 1.29 is 35.0 Å². The van der Waals surface area contributed by atoms with Gasteiger partial charge in [-0.2, -0.15) is 0 Å². The molecular formula is C15H21ClO7. The van der Waals surface area contributed by atoms with Crippen LogP contribution in [0.3, 0.4) is 0 Å². The molecule has 0 unspecified atom stereocenters. The summed E-state index contributed by atoms with van der Waals surface area (Å²) in [6.07, 6.45) is -6.59. The first kappa shape index (κ1) is 18.4. The Labute approximate surface area is 138 Å². The molecule has 0 radical (unpaired) electrons. The molecule has 23 heavy (non-hydrogen) atoms. The number of hydrogen-bond donors (Lipinski definition) is 5. The molecule has 8 heteroatoms. The second-order valence-corrected chi connectivity index (χ2v) is 6.15. The predicted octanol–water partition coefficient (Wildman–Crippen LogP) is -0.340. The van der Waals surface area contributed by atoms with Crippen LogP contribution in [-0.2, 0) is 4.74 Å². The van der Waals surface area contributed by atoms with Crippen molar-refractivity contribution in [1.29, 1.82) is 0 Å². The first-order valence-electron chi connectivity index (χ1n) is 7.22. The van der Waals surface area contributed by atoms with Crippen molar-refractivity contribution in [2.24, 2.45) is 0 Å². The quantitative estimate of drug-likeness (QED) is 0.494. The lowest BCUT2D eigenvalue weighted by atomic mass is 9.92. The molecule has 1 aliphatic heterocycles. The fourth-order valence-electron chi connectivity index (χ4n) is 2.52. The molecule has 0 aliphatic carbocycles. The molecule has 0 aromatic heterocycles. The van der Waals surface area contributed by atoms with Gasteiger partial charge in [0.25, 0.3) is 0 Å². The smallest absolute Gasteiger partial charge is 0.236 e. The lowest BCUT2D eigenvalue weighted by molar-refractivity contribution is -0.315. The highest BCUT2D eigenvalue weighted by Crippen LogP contribution is 2.34. The molecule has 1 aromatic carbocycles. The Morgan fingerprint density at radius 2 is 1.91 bits per heavy atom. The molecule has 2 rings (SSSR count). The second-order valence-electron chi connectivity index (χ2n) is 5.72. The van der Waals surface area contributed by atoms with Gasteiger partial charge in [-0.05, 0) is 24.3 Å². The fourth-order valence-corrected chi connectivity index (χ4v) is 2.65. The lowest BCUT2D eigenvalue weighted by Crippen LogP contribution is -2.62. The average molecular weight is 349 g/mol. The summed E-state index contributed by atoms with van der Waals surface area (Å²) in [6, 6.07) is 6.32. The van der Waals surface area contributed by atoms with Gasteiger partial charge >= 0.3 is 0 Å². The van der Waals surface area contributed by atoms with Crippen molar-refractivity contribution in [2.45, 2.75) is 49.7 Å². The van der Waals surface area contributed by atoms with E-state index in [1.54, 1.807) is 24.3 Å². The molecule has 0 saturated carbocycles. The number of aliphatic hydroxyl groups is 5. The Morgan fingerprint density at radius 3 is 2.48 bits per heavy atom. The SMILES string of the molecule is C[C@]1(Oc2ccc(Cl)cc2)O[C@@H]([C@H](O)[C@@H](O)CO)C[C@H](O)[C@H]1O. The third-order valence-electron chi connectivity index (χ3n) is 3.86. The third-order valence-corrected chi connectivity index (χ3v) is 4.11. The zero-order valence-electron chi connectivity index (χ0n) is 12.5. The van der Waals surface area contributed by atoms with Gasteiger partial charge in [0, 0.05) is 18.4 Å². The number of benzene rings is 1. The Balaban J connectivity index is 2.18. The molecule has 1 heterocycles. The summed E-state index contributed by atoms with van der Waals surface area (Å²) in [5, 5.41) is 49.2. The van der Waals surface area contributed by atoms with Crippen LogP contribution in [0, 0.1) is 0 Å². The van der Waals surface area contributed by atoms with E-state index in [0.717, 1.165) is 0 Å². The van der Waals surface area contributed by atoms with E-state index in [1.807, 2.05) is 0 Å². The van der Waals surface area contributed by atoms with Crippen LogP contribution in [0.15, 0.2) is 24.3 Å². The fraction of sp³-hybridized carbons (Fsp3) is 0.600. The number of aliphatic hydroxyl groups excluding tert-OH is 5. The zero-order chi connectivity index (χ0) is 17.2. The molecule has 130 valence electrons. The Bertz CT molecular complexity index is 511. The minimum atomic E-state index is -1.65. The van der Waals surface area contributed by atoms with Crippen LogP contribution in [0.1, 0.15) is 13.3 Å². The summed E-state index contributed by atoms with van der Waals surface area (Å²) in [4.78, 5) is 0. The average Bonchev–Trinajstić information content (AvgIpc) is 2.53. The van der Waals surface area contributed by atoms with Crippen LogP contribution in [0.5, 0.6) is 5.75 Å². The van der Waals surface area contributed by atoms with E-state index in [2.05, 4.69) is 0 Å². The molecule has 1 saturated heterocycles. The highest BCUT2D eigenvalue weighted by Gasteiger charge is 2.50. The summed E-state index contributed by atoms with van der Waals surface area (Å²) in [5.41, 5.74) is 0. The summed E-state index contributed by atoms with van der Waals surface area (Å²) < 4.78 is 11.2. The molecule has 1 fully saturated rings. The van der Waals surface area contributed by atoms with Crippen molar-refractivity contribution >= 4 is 11.6 Å². The zero-order valence-corrected chi connectivity index (χ0v) is 13.3. The highest BCUT2D eigenvalue weighted by molar-refractivity contribution is 6.30. The van der Waals surface area contributed by atoms with E-state index in [0.29, 0.717) is 10.8 Å². The molecule has 0 spiro atoms. The van der Waals surface area contributed by atoms with Crippen LogP contribution < -0.4 is 4.74 Å². The van der Waals surface area contributed by atoms with E-state index in [4.69, 9.17) is 26.2 Å². The van der Waals surface area contributed by atoms with Crippen molar-refractivity contribution in [3.63, 3.8) is 0 Å². The minimum absolute atomic E-state index is 0.112. The first-order valence-corrected chi connectivity index (χ1v) is 7.60. The molecule has 1 aliphatic rings. The summed E-state index contributed by atoms with van der Waals surface area (Å²) >= 11 is 5.80. The summed E-state index contributed by atoms with van der Waals surface area (Å²) in [7, 11) is 0. The molecule has 7 nitrogen and oxygen atoms in total. The Kier molecular flexibility index (Phi) is 5.85. The molecule has 6 atom stereocenters. The molecule has 0 bridgehead atoms. The van der Waals surface area contributed by atoms with Gasteiger partial charge in [-0.1, -0.05) is 11.6 Å². The van der Waals surface area contributed by atoms with Gasteiger partial charge in [0.05, 0.1) is 18.8 Å². The maximum absolute atomic E-state index is 10.2. The Morgan fingerprint density at radius 1 is 1.30 bits per heavy atom. The standard InChI is InChI=1S/C15H21ClO7/c1-15(22-9-4-2-8(16)3-5-9)14(21)10(18)6-12(23-15)13(20)11(19)7-17/h2-5,10-14,17-21H,6-7H2,1H3/t10-,11-,12+,13+,14+,15-/m0/s1. The van der Waals surface area contributed by atoms with Crippen LogP contribution in [0.2, 0.25) is 5.02 Å². The van der Waals surface area contributed by atoms with Gasteiger partial charge in [0.2, 0.25) is 5.79 Å². The minimum Gasteiger partial charge on any atom is -0.460 e. The third kappa shape index (κ3) is 4.13. The van der Waals surface area contributed by atoms with E-state index >= 15 is 0 Å². The van der Waals surface area contributed by atoms with Gasteiger partial charge in [-0.3, -0.25) is 0 Å². The van der Waals surface area contributed by atoms with Crippen molar-refractivity contribution in [1.82, 2.24) is 0 Å². The van der Waals surface area contributed by atoms with Crippen molar-refractivity contribution in [3.05, 3.63) is 29.3 Å². The van der Waals surface area contributed by atoms with Gasteiger partial charge in [-0.25, -0.2) is 0 Å². The van der Waals surface area contributed by atoms with Gasteiger partial charge in [-0.15, -0.1) is 0 Å². The number of hydrogen-bond acceptors (Lipinski definition) is 7.